The molecule has 63 heavy (non-hydrogen) atoms. The molecule has 8 heterocycles. The molecule has 4 aliphatic heterocycles. The van der Waals surface area contributed by atoms with Gasteiger partial charge in [-0.05, 0) is 75.8 Å². The molecule has 4 aromatic heterocycles. The van der Waals surface area contributed by atoms with Crippen molar-refractivity contribution in [3.63, 3.8) is 0 Å². The van der Waals surface area contributed by atoms with Gasteiger partial charge in [0.25, 0.3) is 12.3 Å². The number of hydrogen-bond acceptors (Lipinski definition) is 11. The van der Waals surface area contributed by atoms with E-state index in [0.29, 0.717) is 49.9 Å². The molecule has 10 rings (SSSR count). The molecule has 0 radical (unpaired) electrons. The van der Waals surface area contributed by atoms with E-state index in [4.69, 9.17) is 14.5 Å². The predicted molar refractivity (Wildman–Crippen MR) is 227 cm³/mol. The van der Waals surface area contributed by atoms with Crippen molar-refractivity contribution in [3.8, 4) is 11.8 Å². The van der Waals surface area contributed by atoms with Crippen LogP contribution in [0.25, 0.3) is 16.6 Å². The van der Waals surface area contributed by atoms with E-state index < -0.39 is 23.9 Å². The summed E-state index contributed by atoms with van der Waals surface area (Å²) < 4.78 is 45.5. The quantitative estimate of drug-likeness (QED) is 0.141. The van der Waals surface area contributed by atoms with Gasteiger partial charge in [0.1, 0.15) is 18.0 Å². The summed E-state index contributed by atoms with van der Waals surface area (Å²) in [6, 6.07) is 8.13. The number of fused-ring (bicyclic) bond motifs is 4. The largest absolute Gasteiger partial charge is 0.377 e. The molecule has 4 saturated heterocycles. The predicted octanol–water partition coefficient (Wildman–Crippen LogP) is 5.15. The summed E-state index contributed by atoms with van der Waals surface area (Å²) in [7, 11) is 1.84. The second-order valence-corrected chi connectivity index (χ2v) is 17.6. The number of likely N-dealkylation sites (tertiary alicyclic amines) is 1. The number of rotatable bonds is 10. The van der Waals surface area contributed by atoms with E-state index in [1.165, 1.54) is 10.7 Å². The lowest BCUT2D eigenvalue weighted by Gasteiger charge is -2.36. The van der Waals surface area contributed by atoms with Crippen LogP contribution in [-0.4, -0.2) is 114 Å². The zero-order valence-corrected chi connectivity index (χ0v) is 35.2. The van der Waals surface area contributed by atoms with Crippen LogP contribution in [0.4, 0.5) is 20.3 Å². The average molecular weight is 864 g/mol. The first-order chi connectivity index (χ1) is 30.7. The van der Waals surface area contributed by atoms with Gasteiger partial charge in [0, 0.05) is 50.9 Å². The van der Waals surface area contributed by atoms with Gasteiger partial charge in [-0.25, -0.2) is 18.3 Å². The number of amides is 3. The Hall–Kier alpha value is -5.77. The van der Waals surface area contributed by atoms with E-state index in [0.717, 1.165) is 93.3 Å². The fourth-order valence-electron chi connectivity index (χ4n) is 10.4. The summed E-state index contributed by atoms with van der Waals surface area (Å²) in [4.78, 5) is 47.4. The minimum Gasteiger partial charge on any atom is -0.377 e. The molecule has 1 aliphatic carbocycles. The number of carbonyl (C=O) groups excluding carboxylic acids is 3. The van der Waals surface area contributed by atoms with Crippen molar-refractivity contribution in [2.24, 2.45) is 13.0 Å². The van der Waals surface area contributed by atoms with Crippen LogP contribution in [0.1, 0.15) is 110 Å². The van der Waals surface area contributed by atoms with Crippen LogP contribution >= 0.6 is 0 Å². The maximum absolute atomic E-state index is 14.3. The van der Waals surface area contributed by atoms with E-state index in [9.17, 15) is 23.2 Å². The number of piperidine rings is 2. The molecular weight excluding hydrogens is 813 g/mol. The summed E-state index contributed by atoms with van der Waals surface area (Å²) in [5, 5.41) is 19.3. The third-order valence-corrected chi connectivity index (χ3v) is 13.6. The van der Waals surface area contributed by atoms with Crippen LogP contribution in [0.3, 0.4) is 0 Å². The van der Waals surface area contributed by atoms with Crippen molar-refractivity contribution in [1.29, 1.82) is 0 Å². The third kappa shape index (κ3) is 8.29. The number of ether oxygens (including phenoxy) is 2. The lowest BCUT2D eigenvalue weighted by molar-refractivity contribution is -0.134. The first-order valence-electron chi connectivity index (χ1n) is 22.2. The zero-order chi connectivity index (χ0) is 43.2. The number of para-hydroxylation sites is 1. The number of imide groups is 1. The molecule has 5 fully saturated rings. The highest BCUT2D eigenvalue weighted by Crippen LogP contribution is 2.37. The Morgan fingerprint density at radius 3 is 2.54 bits per heavy atom. The van der Waals surface area contributed by atoms with E-state index in [-0.39, 0.29) is 47.3 Å². The van der Waals surface area contributed by atoms with E-state index in [2.05, 4.69) is 47.6 Å². The van der Waals surface area contributed by atoms with Crippen LogP contribution in [0.5, 0.6) is 0 Å². The number of morpholine rings is 1. The lowest BCUT2D eigenvalue weighted by atomic mass is 9.85. The highest BCUT2D eigenvalue weighted by atomic mass is 19.3. The number of alkyl halides is 2. The van der Waals surface area contributed by atoms with Crippen LogP contribution in [0.15, 0.2) is 42.9 Å². The highest BCUT2D eigenvalue weighted by Gasteiger charge is 2.39. The second-order valence-electron chi connectivity index (χ2n) is 17.6. The molecule has 2 bridgehead atoms. The van der Waals surface area contributed by atoms with Gasteiger partial charge in [0.2, 0.25) is 11.8 Å². The molecule has 330 valence electrons. The third-order valence-electron chi connectivity index (χ3n) is 13.6. The molecule has 18 heteroatoms. The fraction of sp³-hybridized carbons (Fsp3) is 0.533. The standard InChI is InChI=1S/C45H51F2N11O5/c1-54-41-28(4-2-6-33(41)39(52-54)34-13-14-38(59)51-44(34)60)5-3-21-63-32-15-18-55(19-16-32)23-27-7-9-29(10-8-27)57-24-36(40(53-57)42(46)47)49-45(61)35-22-48-56-20-17-37(50-43(35)56)58-30-11-12-31(58)26-62-25-30/h2,4,6,17,20,22,24,27,29-32,34,42H,7-16,18-19,21,23,25-26H2,1H3,(H,49,61)(H,51,59,60). The smallest absolute Gasteiger partial charge is 0.284 e. The topological polar surface area (TPSA) is 166 Å². The number of hydrogen-bond donors (Lipinski definition) is 2. The van der Waals surface area contributed by atoms with Gasteiger partial charge >= 0.3 is 0 Å². The fourth-order valence-corrected chi connectivity index (χ4v) is 10.4. The first kappa shape index (κ1) is 41.3. The number of nitrogens with one attached hydrogen (secondary N) is 2. The van der Waals surface area contributed by atoms with Gasteiger partial charge in [-0.3, -0.25) is 29.1 Å². The highest BCUT2D eigenvalue weighted by molar-refractivity contribution is 6.08. The molecular formula is C45H51F2N11O5. The monoisotopic (exact) mass is 863 g/mol. The van der Waals surface area contributed by atoms with Gasteiger partial charge in [-0.15, -0.1) is 0 Å². The number of anilines is 2. The lowest BCUT2D eigenvalue weighted by Crippen LogP contribution is -2.46. The summed E-state index contributed by atoms with van der Waals surface area (Å²) >= 11 is 0. The van der Waals surface area contributed by atoms with Crippen LogP contribution < -0.4 is 15.5 Å². The normalized spacial score (nSPS) is 24.6. The summed E-state index contributed by atoms with van der Waals surface area (Å²) in [5.41, 5.74) is 2.46. The molecule has 16 nitrogen and oxygen atoms in total. The molecule has 2 N–H and O–H groups in total. The molecule has 0 spiro atoms. The van der Waals surface area contributed by atoms with Crippen molar-refractivity contribution in [1.82, 2.24) is 44.4 Å². The number of nitrogens with zero attached hydrogens (tertiary/aromatic N) is 9. The number of halogens is 2. The van der Waals surface area contributed by atoms with Gasteiger partial charge in [-0.2, -0.15) is 15.3 Å². The van der Waals surface area contributed by atoms with Crippen LogP contribution in [0.2, 0.25) is 0 Å². The molecule has 3 unspecified atom stereocenters. The first-order valence-corrected chi connectivity index (χ1v) is 22.2. The molecule has 1 saturated carbocycles. The Morgan fingerprint density at radius 2 is 1.78 bits per heavy atom. The number of benzene rings is 1. The maximum atomic E-state index is 14.3. The van der Waals surface area contributed by atoms with Gasteiger partial charge < -0.3 is 24.6 Å². The van der Waals surface area contributed by atoms with Crippen molar-refractivity contribution in [3.05, 3.63) is 65.4 Å². The SMILES string of the molecule is Cn1nc(C2CCC(=O)NC2=O)c2cccc(C#CCOC3CCN(CC4CCC(n5cc(NC(=O)c6cnn7ccc(N8C9CCC8COC9)nc67)c(C(F)F)n5)CC4)CC3)c21. The minimum absolute atomic E-state index is 0.00122. The van der Waals surface area contributed by atoms with Crippen molar-refractivity contribution in [2.75, 3.05) is 49.7 Å². The van der Waals surface area contributed by atoms with E-state index in [1.807, 2.05) is 31.3 Å². The van der Waals surface area contributed by atoms with Crippen molar-refractivity contribution >= 4 is 45.8 Å². The molecule has 5 aromatic rings. The van der Waals surface area contributed by atoms with Gasteiger partial charge in [0.05, 0.1) is 72.0 Å². The summed E-state index contributed by atoms with van der Waals surface area (Å²) in [6.07, 6.45) is 10.2. The Morgan fingerprint density at radius 1 is 1.00 bits per heavy atom. The second kappa shape index (κ2) is 17.4. The van der Waals surface area contributed by atoms with Gasteiger partial charge in [-0.1, -0.05) is 24.0 Å². The summed E-state index contributed by atoms with van der Waals surface area (Å²) in [5.74, 6) is 6.10. The number of aryl methyl sites for hydroxylation is 1. The van der Waals surface area contributed by atoms with Gasteiger partial charge in [0.15, 0.2) is 11.3 Å². The van der Waals surface area contributed by atoms with Crippen molar-refractivity contribution < 1.29 is 32.6 Å². The molecule has 3 amide bonds. The maximum Gasteiger partial charge on any atom is 0.284 e. The number of carbonyl (C=O) groups is 3. The Labute approximate surface area is 362 Å². The Kier molecular flexibility index (Phi) is 11.4. The van der Waals surface area contributed by atoms with E-state index in [1.54, 1.807) is 21.8 Å². The number of aromatic nitrogens is 7. The molecule has 3 atom stereocenters. The summed E-state index contributed by atoms with van der Waals surface area (Å²) in [6.45, 7) is 4.45. The van der Waals surface area contributed by atoms with E-state index >= 15 is 0 Å². The van der Waals surface area contributed by atoms with Crippen molar-refractivity contribution in [2.45, 2.75) is 101 Å². The molecule has 1 aromatic carbocycles. The minimum atomic E-state index is -2.86. The van der Waals surface area contributed by atoms with Crippen LogP contribution in [-0.2, 0) is 26.1 Å². The zero-order valence-electron chi connectivity index (χ0n) is 35.2. The average Bonchev–Trinajstić information content (AvgIpc) is 4.05. The Bertz CT molecular complexity index is 2580. The Balaban J connectivity index is 0.698. The van der Waals surface area contributed by atoms with Crippen LogP contribution in [0, 0.1) is 17.8 Å². The molecule has 5 aliphatic rings.